The average molecular weight is 499 g/mol. The molecule has 1 saturated heterocycles. The van der Waals surface area contributed by atoms with Crippen molar-refractivity contribution in [2.75, 3.05) is 13.1 Å². The van der Waals surface area contributed by atoms with E-state index in [1.165, 1.54) is 11.2 Å². The van der Waals surface area contributed by atoms with E-state index in [1.54, 1.807) is 40.4 Å². The second-order valence-electron chi connectivity index (χ2n) is 10.8. The first-order chi connectivity index (χ1) is 16.4. The number of nitrogens with zero attached hydrogens (tertiary/aromatic N) is 4. The van der Waals surface area contributed by atoms with Crippen molar-refractivity contribution >= 4 is 27.0 Å². The third kappa shape index (κ3) is 5.26. The van der Waals surface area contributed by atoms with Gasteiger partial charge in [0.2, 0.25) is 10.0 Å². The van der Waals surface area contributed by atoms with Crippen molar-refractivity contribution in [3.63, 3.8) is 0 Å². The summed E-state index contributed by atoms with van der Waals surface area (Å²) in [5.74, 6) is -0.0174. The molecule has 0 N–H and O–H groups in total. The molecule has 0 spiro atoms. The van der Waals surface area contributed by atoms with Gasteiger partial charge in [0.15, 0.2) is 5.65 Å². The predicted molar refractivity (Wildman–Crippen MR) is 136 cm³/mol. The Morgan fingerprint density at radius 1 is 1.11 bits per heavy atom. The van der Waals surface area contributed by atoms with Crippen molar-refractivity contribution < 1.29 is 13.2 Å². The van der Waals surface area contributed by atoms with Crippen LogP contribution in [0.3, 0.4) is 0 Å². The molecule has 1 unspecified atom stereocenters. The molecule has 1 aliphatic rings. The van der Waals surface area contributed by atoms with Crippen molar-refractivity contribution in [3.05, 3.63) is 58.1 Å². The molecule has 2 aromatic heterocycles. The maximum absolute atomic E-state index is 13.3. The van der Waals surface area contributed by atoms with Crippen molar-refractivity contribution in [1.82, 2.24) is 18.4 Å². The fraction of sp³-hybridized carbons (Fsp3) is 0.500. The summed E-state index contributed by atoms with van der Waals surface area (Å²) in [7, 11) is -1.93. The average Bonchev–Trinajstić information content (AvgIpc) is 3.02. The van der Waals surface area contributed by atoms with Crippen LogP contribution < -0.4 is 5.69 Å². The van der Waals surface area contributed by atoms with Crippen molar-refractivity contribution in [3.8, 4) is 0 Å². The number of imidazole rings is 1. The fourth-order valence-electron chi connectivity index (χ4n) is 4.76. The number of aryl methyl sites for hydroxylation is 1. The van der Waals surface area contributed by atoms with Crippen LogP contribution in [0.15, 0.2) is 46.1 Å². The van der Waals surface area contributed by atoms with E-state index in [-0.39, 0.29) is 27.7 Å². The van der Waals surface area contributed by atoms with Gasteiger partial charge in [-0.05, 0) is 55.0 Å². The van der Waals surface area contributed by atoms with Crippen LogP contribution in [-0.4, -0.2) is 45.7 Å². The van der Waals surface area contributed by atoms with E-state index < -0.39 is 10.0 Å². The molecule has 0 bridgehead atoms. The monoisotopic (exact) mass is 498 g/mol. The molecule has 0 aliphatic carbocycles. The topological polar surface area (TPSA) is 94.3 Å². The molecule has 1 aliphatic heterocycles. The van der Waals surface area contributed by atoms with Crippen LogP contribution in [0, 0.1) is 5.41 Å². The summed E-state index contributed by atoms with van der Waals surface area (Å²) in [5, 5.41) is 0. The Morgan fingerprint density at radius 3 is 2.43 bits per heavy atom. The van der Waals surface area contributed by atoms with Crippen molar-refractivity contribution in [1.29, 1.82) is 0 Å². The number of hydrogen-bond donors (Lipinski definition) is 0. The Balaban J connectivity index is 1.60. The van der Waals surface area contributed by atoms with E-state index in [9.17, 15) is 18.0 Å². The van der Waals surface area contributed by atoms with Crippen LogP contribution in [0.2, 0.25) is 0 Å². The smallest absolute Gasteiger partial charge is 0.300 e. The summed E-state index contributed by atoms with van der Waals surface area (Å²) in [6, 6.07) is 10.4. The molecule has 3 aromatic rings. The van der Waals surface area contributed by atoms with Gasteiger partial charge in [-0.15, -0.1) is 0 Å². The SMILES string of the molecule is CC(=O)Cc1ccc(S(=O)(=O)N2CCCC(c3ccc4c(n3)n(C)c(=O)n4CC(C)(C)C)C2)cc1. The predicted octanol–water partition coefficient (Wildman–Crippen LogP) is 3.48. The zero-order chi connectivity index (χ0) is 25.5. The van der Waals surface area contributed by atoms with E-state index in [1.807, 2.05) is 12.1 Å². The van der Waals surface area contributed by atoms with Crippen LogP contribution in [-0.2, 0) is 34.8 Å². The third-order valence-electron chi connectivity index (χ3n) is 6.45. The summed E-state index contributed by atoms with van der Waals surface area (Å²) in [4.78, 5) is 29.3. The zero-order valence-corrected chi connectivity index (χ0v) is 21.9. The number of fused-ring (bicyclic) bond motifs is 1. The second-order valence-corrected chi connectivity index (χ2v) is 12.7. The van der Waals surface area contributed by atoms with Gasteiger partial charge < -0.3 is 0 Å². The Morgan fingerprint density at radius 2 is 1.80 bits per heavy atom. The molecular weight excluding hydrogens is 464 g/mol. The van der Waals surface area contributed by atoms with Crippen molar-refractivity contribution in [2.24, 2.45) is 12.5 Å². The number of rotatable bonds is 6. The summed E-state index contributed by atoms with van der Waals surface area (Å²) < 4.78 is 31.5. The number of piperidine rings is 1. The molecule has 8 nitrogen and oxygen atoms in total. The molecule has 3 heterocycles. The summed E-state index contributed by atoms with van der Waals surface area (Å²) in [6.07, 6.45) is 1.86. The maximum atomic E-state index is 13.3. The lowest BCUT2D eigenvalue weighted by Gasteiger charge is -2.31. The van der Waals surface area contributed by atoms with Gasteiger partial charge in [-0.25, -0.2) is 18.2 Å². The van der Waals surface area contributed by atoms with Gasteiger partial charge in [0, 0.05) is 44.7 Å². The Hall–Kier alpha value is -2.78. The zero-order valence-electron chi connectivity index (χ0n) is 21.1. The molecule has 0 radical (unpaired) electrons. The number of carbonyl (C=O) groups excluding carboxylic acids is 1. The highest BCUT2D eigenvalue weighted by Gasteiger charge is 2.32. The molecule has 0 saturated carbocycles. The standard InChI is InChI=1S/C26H34N4O4S/c1-18(31)15-19-8-10-21(11-9-19)35(33,34)29-14-6-7-20(16-29)22-12-13-23-24(27-22)28(5)25(32)30(23)17-26(2,3)4/h8-13,20H,6-7,14-17H2,1-5H3. The first-order valence-electron chi connectivity index (χ1n) is 12.0. The number of Topliss-reactive ketones (excluding diaryl/α,β-unsaturated/α-hetero) is 1. The minimum atomic E-state index is -3.66. The van der Waals surface area contributed by atoms with Gasteiger partial charge in [-0.1, -0.05) is 32.9 Å². The Kier molecular flexibility index (Phi) is 6.76. The largest absolute Gasteiger partial charge is 0.330 e. The van der Waals surface area contributed by atoms with Crippen molar-refractivity contribution in [2.45, 2.75) is 64.3 Å². The van der Waals surface area contributed by atoms with Crippen LogP contribution in [0.1, 0.15) is 57.7 Å². The van der Waals surface area contributed by atoms with Gasteiger partial charge >= 0.3 is 5.69 Å². The van der Waals surface area contributed by atoms with Gasteiger partial charge in [-0.2, -0.15) is 4.31 Å². The molecule has 35 heavy (non-hydrogen) atoms. The van der Waals surface area contributed by atoms with Crippen LogP contribution >= 0.6 is 0 Å². The minimum absolute atomic E-state index is 0.0372. The number of hydrogen-bond acceptors (Lipinski definition) is 5. The van der Waals surface area contributed by atoms with Crippen LogP contribution in [0.4, 0.5) is 0 Å². The van der Waals surface area contributed by atoms with Crippen LogP contribution in [0.25, 0.3) is 11.2 Å². The summed E-state index contributed by atoms with van der Waals surface area (Å²) in [5.41, 5.74) is 2.87. The Labute approximate surface area is 206 Å². The van der Waals surface area contributed by atoms with Gasteiger partial charge in [0.25, 0.3) is 0 Å². The molecule has 1 aromatic carbocycles. The molecule has 4 rings (SSSR count). The van der Waals surface area contributed by atoms with Crippen LogP contribution in [0.5, 0.6) is 0 Å². The lowest BCUT2D eigenvalue weighted by molar-refractivity contribution is -0.116. The maximum Gasteiger partial charge on any atom is 0.330 e. The summed E-state index contributed by atoms with van der Waals surface area (Å²) in [6.45, 7) is 9.17. The normalized spacial score (nSPS) is 17.7. The lowest BCUT2D eigenvalue weighted by atomic mass is 9.95. The molecule has 1 fully saturated rings. The molecular formula is C26H34N4O4S. The molecule has 188 valence electrons. The Bertz CT molecular complexity index is 1410. The van der Waals surface area contributed by atoms with Gasteiger partial charge in [0.1, 0.15) is 5.78 Å². The van der Waals surface area contributed by atoms with E-state index in [4.69, 9.17) is 4.98 Å². The number of pyridine rings is 1. The highest BCUT2D eigenvalue weighted by Crippen LogP contribution is 2.31. The third-order valence-corrected chi connectivity index (χ3v) is 8.33. The molecule has 0 amide bonds. The highest BCUT2D eigenvalue weighted by atomic mass is 32.2. The first kappa shape index (κ1) is 25.3. The minimum Gasteiger partial charge on any atom is -0.300 e. The number of carbonyl (C=O) groups is 1. The van der Waals surface area contributed by atoms with E-state index in [2.05, 4.69) is 20.8 Å². The molecule has 9 heteroatoms. The molecule has 1 atom stereocenters. The fourth-order valence-corrected chi connectivity index (χ4v) is 6.28. The summed E-state index contributed by atoms with van der Waals surface area (Å²) >= 11 is 0. The second kappa shape index (κ2) is 9.35. The number of ketones is 1. The first-order valence-corrected chi connectivity index (χ1v) is 13.5. The highest BCUT2D eigenvalue weighted by molar-refractivity contribution is 7.89. The lowest BCUT2D eigenvalue weighted by Crippen LogP contribution is -2.39. The number of sulfonamides is 1. The number of benzene rings is 1. The quantitative estimate of drug-likeness (QED) is 0.519. The van der Waals surface area contributed by atoms with Gasteiger partial charge in [0.05, 0.1) is 10.4 Å². The van der Waals surface area contributed by atoms with Gasteiger partial charge in [-0.3, -0.25) is 13.9 Å². The van der Waals surface area contributed by atoms with E-state index >= 15 is 0 Å². The number of aromatic nitrogens is 3. The van der Waals surface area contributed by atoms with E-state index in [0.717, 1.165) is 29.6 Å². The van der Waals surface area contributed by atoms with E-state index in [0.29, 0.717) is 31.7 Å².